The van der Waals surface area contributed by atoms with Gasteiger partial charge >= 0.3 is 0 Å². The summed E-state index contributed by atoms with van der Waals surface area (Å²) in [6.45, 7) is 6.85. The number of hydrogen-bond acceptors (Lipinski definition) is 5. The molecule has 0 saturated carbocycles. The highest BCUT2D eigenvalue weighted by Crippen LogP contribution is 2.23. The molecule has 152 valence electrons. The van der Waals surface area contributed by atoms with Crippen LogP contribution in [0.3, 0.4) is 0 Å². The molecule has 0 radical (unpaired) electrons. The first-order valence-electron chi connectivity index (χ1n) is 9.85. The minimum atomic E-state index is 0.288. The number of hydrogen-bond donors (Lipinski definition) is 2. The molecular formula is C20H29ClN6O. The van der Waals surface area contributed by atoms with Gasteiger partial charge in [0, 0.05) is 55.8 Å². The van der Waals surface area contributed by atoms with Gasteiger partial charge in [0.05, 0.1) is 0 Å². The van der Waals surface area contributed by atoms with Crippen LogP contribution in [0.5, 0.6) is 0 Å². The van der Waals surface area contributed by atoms with Crippen LogP contribution in [-0.2, 0) is 6.42 Å². The normalized spacial score (nSPS) is 17.4. The zero-order chi connectivity index (χ0) is 19.9. The molecule has 2 N–H and O–H groups in total. The molecule has 1 saturated heterocycles. The molecule has 8 heteroatoms. The number of aryl methyl sites for hydroxylation is 1. The third-order valence-corrected chi connectivity index (χ3v) is 5.02. The highest BCUT2D eigenvalue weighted by atomic mass is 35.5. The molecule has 0 aliphatic carbocycles. The molecule has 0 amide bonds. The monoisotopic (exact) mass is 404 g/mol. The molecule has 1 atom stereocenters. The number of rotatable bonds is 7. The summed E-state index contributed by atoms with van der Waals surface area (Å²) in [5.74, 6) is 2.58. The quantitative estimate of drug-likeness (QED) is 0.419. The SMILES string of the molecule is CN=C(NCCCc1nc(C(C)C)no1)NC1CCN(c2cccc(Cl)c2)C1. The van der Waals surface area contributed by atoms with Crippen LogP contribution in [0.25, 0.3) is 0 Å². The molecule has 3 rings (SSSR count). The lowest BCUT2D eigenvalue weighted by molar-refractivity contribution is 0.368. The van der Waals surface area contributed by atoms with Gasteiger partial charge in [0.1, 0.15) is 0 Å². The van der Waals surface area contributed by atoms with Crippen molar-refractivity contribution < 1.29 is 4.52 Å². The smallest absolute Gasteiger partial charge is 0.226 e. The molecule has 1 unspecified atom stereocenters. The molecule has 1 aliphatic heterocycles. The van der Waals surface area contributed by atoms with Crippen molar-refractivity contribution in [3.63, 3.8) is 0 Å². The van der Waals surface area contributed by atoms with E-state index in [4.69, 9.17) is 16.1 Å². The minimum absolute atomic E-state index is 0.288. The molecule has 0 spiro atoms. The van der Waals surface area contributed by atoms with Gasteiger partial charge in [-0.15, -0.1) is 0 Å². The van der Waals surface area contributed by atoms with Gasteiger partial charge in [-0.25, -0.2) is 0 Å². The van der Waals surface area contributed by atoms with Gasteiger partial charge in [0.15, 0.2) is 11.8 Å². The Balaban J connectivity index is 1.40. The molecule has 28 heavy (non-hydrogen) atoms. The van der Waals surface area contributed by atoms with E-state index in [1.54, 1.807) is 7.05 Å². The Hall–Kier alpha value is -2.28. The first-order chi connectivity index (χ1) is 13.5. The fraction of sp³-hybridized carbons (Fsp3) is 0.550. The van der Waals surface area contributed by atoms with E-state index in [9.17, 15) is 0 Å². The van der Waals surface area contributed by atoms with Crippen molar-refractivity contribution in [3.05, 3.63) is 41.0 Å². The highest BCUT2D eigenvalue weighted by Gasteiger charge is 2.23. The summed E-state index contributed by atoms with van der Waals surface area (Å²) < 4.78 is 5.28. The number of nitrogens with one attached hydrogen (secondary N) is 2. The molecule has 2 heterocycles. The van der Waals surface area contributed by atoms with E-state index >= 15 is 0 Å². The summed E-state index contributed by atoms with van der Waals surface area (Å²) in [7, 11) is 1.80. The van der Waals surface area contributed by atoms with Crippen molar-refractivity contribution in [2.45, 2.75) is 45.1 Å². The third kappa shape index (κ3) is 5.61. The molecule has 0 bridgehead atoms. The summed E-state index contributed by atoms with van der Waals surface area (Å²) in [4.78, 5) is 11.1. The average Bonchev–Trinajstić information content (AvgIpc) is 3.34. The average molecular weight is 405 g/mol. The van der Waals surface area contributed by atoms with E-state index in [0.717, 1.165) is 55.7 Å². The lowest BCUT2D eigenvalue weighted by atomic mass is 10.2. The number of nitrogens with zero attached hydrogens (tertiary/aromatic N) is 4. The van der Waals surface area contributed by atoms with Crippen LogP contribution in [-0.4, -0.2) is 48.8 Å². The Kier molecular flexibility index (Phi) is 7.14. The lowest BCUT2D eigenvalue weighted by Crippen LogP contribution is -2.44. The number of anilines is 1. The van der Waals surface area contributed by atoms with Gasteiger partial charge < -0.3 is 20.1 Å². The maximum Gasteiger partial charge on any atom is 0.226 e. The van der Waals surface area contributed by atoms with Gasteiger partial charge in [0.2, 0.25) is 5.89 Å². The van der Waals surface area contributed by atoms with Gasteiger partial charge in [-0.05, 0) is 31.0 Å². The van der Waals surface area contributed by atoms with Crippen molar-refractivity contribution in [3.8, 4) is 0 Å². The number of benzene rings is 1. The molecule has 1 aromatic heterocycles. The van der Waals surface area contributed by atoms with Crippen molar-refractivity contribution >= 4 is 23.2 Å². The molecule has 1 aliphatic rings. The van der Waals surface area contributed by atoms with Crippen LogP contribution < -0.4 is 15.5 Å². The van der Waals surface area contributed by atoms with E-state index in [0.29, 0.717) is 11.9 Å². The van der Waals surface area contributed by atoms with Crippen LogP contribution >= 0.6 is 11.6 Å². The first kappa shape index (κ1) is 20.5. The zero-order valence-corrected chi connectivity index (χ0v) is 17.5. The van der Waals surface area contributed by atoms with E-state index in [1.807, 2.05) is 18.2 Å². The van der Waals surface area contributed by atoms with Gasteiger partial charge in [-0.3, -0.25) is 4.99 Å². The second kappa shape index (κ2) is 9.78. The van der Waals surface area contributed by atoms with Crippen LogP contribution in [0.2, 0.25) is 5.02 Å². The Morgan fingerprint density at radius 3 is 3.00 bits per heavy atom. The van der Waals surface area contributed by atoms with Crippen LogP contribution in [0, 0.1) is 0 Å². The van der Waals surface area contributed by atoms with Gasteiger partial charge in [0.25, 0.3) is 0 Å². The maximum atomic E-state index is 6.11. The highest BCUT2D eigenvalue weighted by molar-refractivity contribution is 6.30. The van der Waals surface area contributed by atoms with E-state index in [2.05, 4.69) is 50.6 Å². The Bertz CT molecular complexity index is 791. The fourth-order valence-corrected chi connectivity index (χ4v) is 3.41. The van der Waals surface area contributed by atoms with Gasteiger partial charge in [-0.2, -0.15) is 4.98 Å². The van der Waals surface area contributed by atoms with Crippen molar-refractivity contribution in [1.29, 1.82) is 0 Å². The Morgan fingerprint density at radius 1 is 1.43 bits per heavy atom. The number of guanidine groups is 1. The van der Waals surface area contributed by atoms with Gasteiger partial charge in [-0.1, -0.05) is 36.7 Å². The summed E-state index contributed by atoms with van der Waals surface area (Å²) in [6, 6.07) is 8.37. The third-order valence-electron chi connectivity index (χ3n) is 4.79. The Labute approximate surface area is 171 Å². The molecule has 2 aromatic rings. The van der Waals surface area contributed by atoms with Crippen LogP contribution in [0.4, 0.5) is 5.69 Å². The van der Waals surface area contributed by atoms with Crippen molar-refractivity contribution in [1.82, 2.24) is 20.8 Å². The predicted molar refractivity (Wildman–Crippen MR) is 113 cm³/mol. The topological polar surface area (TPSA) is 78.6 Å². The summed E-state index contributed by atoms with van der Waals surface area (Å²) in [6.07, 6.45) is 2.72. The number of halogens is 1. The largest absolute Gasteiger partial charge is 0.369 e. The fourth-order valence-electron chi connectivity index (χ4n) is 3.22. The van der Waals surface area contributed by atoms with Crippen molar-refractivity contribution in [2.24, 2.45) is 4.99 Å². The lowest BCUT2D eigenvalue weighted by Gasteiger charge is -2.20. The first-order valence-corrected chi connectivity index (χ1v) is 10.2. The minimum Gasteiger partial charge on any atom is -0.369 e. The summed E-state index contributed by atoms with van der Waals surface area (Å²) >= 11 is 6.11. The van der Waals surface area contributed by atoms with E-state index < -0.39 is 0 Å². The molecule has 1 aromatic carbocycles. The standard InChI is InChI=1S/C20H29ClN6O/c1-14(2)19-25-18(28-26-19)8-5-10-23-20(22-3)24-16-9-11-27(13-16)17-7-4-6-15(21)12-17/h4,6-7,12,14,16H,5,8-11,13H2,1-3H3,(H2,22,23,24). The zero-order valence-electron chi connectivity index (χ0n) is 16.8. The maximum absolute atomic E-state index is 6.11. The summed E-state index contributed by atoms with van der Waals surface area (Å²) in [5, 5.41) is 11.6. The van der Waals surface area contributed by atoms with E-state index in [1.165, 1.54) is 5.69 Å². The number of aliphatic imine (C=N–C) groups is 1. The Morgan fingerprint density at radius 2 is 2.29 bits per heavy atom. The second-order valence-corrected chi connectivity index (χ2v) is 7.80. The van der Waals surface area contributed by atoms with Crippen LogP contribution in [0.1, 0.15) is 44.3 Å². The number of aromatic nitrogens is 2. The predicted octanol–water partition coefficient (Wildman–Crippen LogP) is 3.22. The molecule has 1 fully saturated rings. The van der Waals surface area contributed by atoms with Crippen molar-refractivity contribution in [2.75, 3.05) is 31.6 Å². The second-order valence-electron chi connectivity index (χ2n) is 7.36. The molecular weight excluding hydrogens is 376 g/mol. The van der Waals surface area contributed by atoms with Crippen LogP contribution in [0.15, 0.2) is 33.8 Å². The van der Waals surface area contributed by atoms with E-state index in [-0.39, 0.29) is 5.92 Å². The molecule has 7 nitrogen and oxygen atoms in total. The summed E-state index contributed by atoms with van der Waals surface area (Å²) in [5.41, 5.74) is 1.17.